The van der Waals surface area contributed by atoms with E-state index in [1.165, 1.54) is 0 Å². The van der Waals surface area contributed by atoms with Gasteiger partial charge in [0.15, 0.2) is 0 Å². The molecule has 4 nitrogen and oxygen atoms in total. The Morgan fingerprint density at radius 2 is 2.33 bits per heavy atom. The quantitative estimate of drug-likeness (QED) is 0.806. The molecule has 0 unspecified atom stereocenters. The maximum absolute atomic E-state index is 5.00. The smallest absolute Gasteiger partial charge is 0.0695 e. The molecule has 96 valence electrons. The van der Waals surface area contributed by atoms with E-state index < -0.39 is 0 Å². The lowest BCUT2D eigenvalue weighted by Crippen LogP contribution is -2.18. The van der Waals surface area contributed by atoms with Crippen LogP contribution in [0.2, 0.25) is 0 Å². The number of aromatic amines is 1. The van der Waals surface area contributed by atoms with Crippen molar-refractivity contribution in [3.8, 4) is 11.3 Å². The zero-order valence-electron chi connectivity index (χ0n) is 10.2. The maximum Gasteiger partial charge on any atom is 0.0695 e. The van der Waals surface area contributed by atoms with Crippen molar-refractivity contribution >= 4 is 15.9 Å². The highest BCUT2D eigenvalue weighted by atomic mass is 79.9. The number of H-pyrrole nitrogens is 1. The predicted octanol–water partition coefficient (Wildman–Crippen LogP) is 2.58. The number of hydrogen-bond donors (Lipinski definition) is 2. The Morgan fingerprint density at radius 1 is 1.44 bits per heavy atom. The summed E-state index contributed by atoms with van der Waals surface area (Å²) in [7, 11) is 1.70. The first-order valence-corrected chi connectivity index (χ1v) is 6.58. The van der Waals surface area contributed by atoms with Crippen LogP contribution in [-0.4, -0.2) is 30.5 Å². The third kappa shape index (κ3) is 3.41. The van der Waals surface area contributed by atoms with Crippen LogP contribution in [0.25, 0.3) is 11.3 Å². The summed E-state index contributed by atoms with van der Waals surface area (Å²) in [5, 5.41) is 10.5. The summed E-state index contributed by atoms with van der Waals surface area (Å²) >= 11 is 3.48. The molecule has 2 rings (SSSR count). The topological polar surface area (TPSA) is 49.9 Å². The molecule has 18 heavy (non-hydrogen) atoms. The lowest BCUT2D eigenvalue weighted by atomic mass is 10.1. The van der Waals surface area contributed by atoms with Gasteiger partial charge in [-0.1, -0.05) is 28.1 Å². The highest BCUT2D eigenvalue weighted by molar-refractivity contribution is 9.10. The van der Waals surface area contributed by atoms with Crippen LogP contribution in [0.4, 0.5) is 0 Å². The molecular weight excluding hydrogens is 294 g/mol. The van der Waals surface area contributed by atoms with E-state index >= 15 is 0 Å². The van der Waals surface area contributed by atoms with Crippen molar-refractivity contribution < 1.29 is 4.74 Å². The third-order valence-electron chi connectivity index (χ3n) is 2.63. The Morgan fingerprint density at radius 3 is 3.11 bits per heavy atom. The van der Waals surface area contributed by atoms with Crippen molar-refractivity contribution in [3.63, 3.8) is 0 Å². The molecule has 1 aromatic heterocycles. The van der Waals surface area contributed by atoms with Crippen molar-refractivity contribution in [1.82, 2.24) is 15.5 Å². The fourth-order valence-electron chi connectivity index (χ4n) is 1.74. The van der Waals surface area contributed by atoms with Crippen molar-refractivity contribution in [2.75, 3.05) is 20.3 Å². The van der Waals surface area contributed by atoms with Gasteiger partial charge >= 0.3 is 0 Å². The summed E-state index contributed by atoms with van der Waals surface area (Å²) < 4.78 is 6.06. The number of aromatic nitrogens is 2. The first kappa shape index (κ1) is 13.3. The monoisotopic (exact) mass is 309 g/mol. The van der Waals surface area contributed by atoms with Gasteiger partial charge in [0.25, 0.3) is 0 Å². The highest BCUT2D eigenvalue weighted by Gasteiger charge is 2.07. The molecule has 0 atom stereocenters. The Labute approximate surface area is 115 Å². The average Bonchev–Trinajstić information content (AvgIpc) is 2.83. The number of hydrogen-bond acceptors (Lipinski definition) is 3. The molecule has 0 amide bonds. The standard InChI is InChI=1S/C13H16BrN3O/c1-18-6-5-15-8-11-9-16-17-13(11)10-3-2-4-12(14)7-10/h2-4,7,9,15H,5-6,8H2,1H3,(H,16,17). The second kappa shape index (κ2) is 6.68. The Bertz CT molecular complexity index is 498. The van der Waals surface area contributed by atoms with Gasteiger partial charge in [-0.3, -0.25) is 5.10 Å². The Kier molecular flexibility index (Phi) is 4.92. The lowest BCUT2D eigenvalue weighted by Gasteiger charge is -2.05. The van der Waals surface area contributed by atoms with Gasteiger partial charge in [0.05, 0.1) is 18.5 Å². The van der Waals surface area contributed by atoms with E-state index in [1.807, 2.05) is 18.3 Å². The molecule has 2 N–H and O–H groups in total. The van der Waals surface area contributed by atoms with Crippen LogP contribution in [0, 0.1) is 0 Å². The number of methoxy groups -OCH3 is 1. The fourth-order valence-corrected chi connectivity index (χ4v) is 2.14. The van der Waals surface area contributed by atoms with Crippen LogP contribution in [-0.2, 0) is 11.3 Å². The Hall–Kier alpha value is -1.17. The third-order valence-corrected chi connectivity index (χ3v) is 3.12. The maximum atomic E-state index is 5.00. The molecular formula is C13H16BrN3O. The molecule has 5 heteroatoms. The minimum Gasteiger partial charge on any atom is -0.383 e. The van der Waals surface area contributed by atoms with Crippen LogP contribution in [0.15, 0.2) is 34.9 Å². The molecule has 2 aromatic rings. The van der Waals surface area contributed by atoms with Crippen LogP contribution >= 0.6 is 15.9 Å². The van der Waals surface area contributed by atoms with Gasteiger partial charge in [-0.25, -0.2) is 0 Å². The van der Waals surface area contributed by atoms with Gasteiger partial charge < -0.3 is 10.1 Å². The minimum atomic E-state index is 0.712. The van der Waals surface area contributed by atoms with Gasteiger partial charge in [0.1, 0.15) is 0 Å². The number of benzene rings is 1. The number of nitrogens with one attached hydrogen (secondary N) is 2. The summed E-state index contributed by atoms with van der Waals surface area (Å²) in [5.74, 6) is 0. The van der Waals surface area contributed by atoms with E-state index in [0.29, 0.717) is 6.61 Å². The van der Waals surface area contributed by atoms with Crippen LogP contribution in [0.5, 0.6) is 0 Å². The second-order valence-corrected chi connectivity index (χ2v) is 4.87. The lowest BCUT2D eigenvalue weighted by molar-refractivity contribution is 0.199. The van der Waals surface area contributed by atoms with Gasteiger partial charge in [0.2, 0.25) is 0 Å². The zero-order valence-corrected chi connectivity index (χ0v) is 11.8. The molecule has 0 saturated carbocycles. The molecule has 0 fully saturated rings. The van der Waals surface area contributed by atoms with Gasteiger partial charge in [-0.2, -0.15) is 5.10 Å². The molecule has 0 aliphatic heterocycles. The van der Waals surface area contributed by atoms with Crippen molar-refractivity contribution in [2.24, 2.45) is 0 Å². The number of halogens is 1. The molecule has 0 radical (unpaired) electrons. The Balaban J connectivity index is 2.08. The molecule has 1 aromatic carbocycles. The van der Waals surface area contributed by atoms with Crippen molar-refractivity contribution in [3.05, 3.63) is 40.5 Å². The summed E-state index contributed by atoms with van der Waals surface area (Å²) in [4.78, 5) is 0. The molecule has 0 bridgehead atoms. The van der Waals surface area contributed by atoms with E-state index in [1.54, 1.807) is 7.11 Å². The summed E-state index contributed by atoms with van der Waals surface area (Å²) in [6.45, 7) is 2.32. The zero-order chi connectivity index (χ0) is 12.8. The molecule has 0 saturated heterocycles. The van der Waals surface area contributed by atoms with E-state index in [0.717, 1.165) is 34.4 Å². The van der Waals surface area contributed by atoms with Gasteiger partial charge in [-0.15, -0.1) is 0 Å². The molecule has 0 aliphatic rings. The van der Waals surface area contributed by atoms with E-state index in [9.17, 15) is 0 Å². The van der Waals surface area contributed by atoms with Crippen LogP contribution in [0.3, 0.4) is 0 Å². The molecule has 1 heterocycles. The van der Waals surface area contributed by atoms with E-state index in [-0.39, 0.29) is 0 Å². The largest absolute Gasteiger partial charge is 0.383 e. The fraction of sp³-hybridized carbons (Fsp3) is 0.308. The molecule has 0 aliphatic carbocycles. The van der Waals surface area contributed by atoms with Crippen molar-refractivity contribution in [1.29, 1.82) is 0 Å². The van der Waals surface area contributed by atoms with Crippen molar-refractivity contribution in [2.45, 2.75) is 6.54 Å². The summed E-state index contributed by atoms with van der Waals surface area (Å²) in [5.41, 5.74) is 3.34. The number of ether oxygens (including phenoxy) is 1. The molecule has 0 spiro atoms. The second-order valence-electron chi connectivity index (χ2n) is 3.95. The minimum absolute atomic E-state index is 0.712. The number of nitrogens with zero attached hydrogens (tertiary/aromatic N) is 1. The first-order chi connectivity index (χ1) is 8.81. The average molecular weight is 310 g/mol. The van der Waals surface area contributed by atoms with Crippen LogP contribution < -0.4 is 5.32 Å². The van der Waals surface area contributed by atoms with Crippen LogP contribution in [0.1, 0.15) is 5.56 Å². The van der Waals surface area contributed by atoms with Gasteiger partial charge in [-0.05, 0) is 12.1 Å². The predicted molar refractivity (Wildman–Crippen MR) is 75.3 cm³/mol. The normalized spacial score (nSPS) is 10.8. The SMILES string of the molecule is COCCNCc1cn[nH]c1-c1cccc(Br)c1. The van der Waals surface area contributed by atoms with E-state index in [4.69, 9.17) is 4.74 Å². The first-order valence-electron chi connectivity index (χ1n) is 5.79. The summed E-state index contributed by atoms with van der Waals surface area (Å²) in [6.07, 6.45) is 1.86. The van der Waals surface area contributed by atoms with Gasteiger partial charge in [0, 0.05) is 35.8 Å². The number of rotatable bonds is 6. The van der Waals surface area contributed by atoms with E-state index in [2.05, 4.69) is 43.6 Å². The highest BCUT2D eigenvalue weighted by Crippen LogP contribution is 2.23. The summed E-state index contributed by atoms with van der Waals surface area (Å²) in [6, 6.07) is 8.17.